The molecule has 2 rings (SSSR count). The van der Waals surface area contributed by atoms with Gasteiger partial charge in [-0.1, -0.05) is 6.92 Å². The molecule has 0 bridgehead atoms. The van der Waals surface area contributed by atoms with Crippen LogP contribution in [0.1, 0.15) is 37.0 Å². The molecule has 114 valence electrons. The Kier molecular flexibility index (Phi) is 4.83. The molecular formula is C16H21NO4. The SMILES string of the molecule is CCOc1ccc(C(=O)N(CC(C)C(=O)O)C2CC2)cc1. The van der Waals surface area contributed by atoms with Crippen molar-refractivity contribution >= 4 is 11.9 Å². The van der Waals surface area contributed by atoms with Crippen LogP contribution in [-0.4, -0.2) is 41.1 Å². The van der Waals surface area contributed by atoms with Gasteiger partial charge in [-0.05, 0) is 44.0 Å². The zero-order valence-electron chi connectivity index (χ0n) is 12.4. The number of carboxylic acids is 1. The van der Waals surface area contributed by atoms with Gasteiger partial charge in [-0.25, -0.2) is 0 Å². The smallest absolute Gasteiger partial charge is 0.308 e. The number of hydrogen-bond donors (Lipinski definition) is 1. The molecule has 1 aliphatic carbocycles. The van der Waals surface area contributed by atoms with Crippen LogP contribution in [0.2, 0.25) is 0 Å². The summed E-state index contributed by atoms with van der Waals surface area (Å²) in [6.45, 7) is 4.37. The summed E-state index contributed by atoms with van der Waals surface area (Å²) in [5, 5.41) is 9.03. The topological polar surface area (TPSA) is 66.8 Å². The normalized spacial score (nSPS) is 15.3. The number of amides is 1. The fraction of sp³-hybridized carbons (Fsp3) is 0.500. The van der Waals surface area contributed by atoms with Gasteiger partial charge in [-0.2, -0.15) is 0 Å². The number of ether oxygens (including phenoxy) is 1. The van der Waals surface area contributed by atoms with Crippen molar-refractivity contribution in [1.82, 2.24) is 4.90 Å². The maximum atomic E-state index is 12.5. The van der Waals surface area contributed by atoms with Crippen molar-refractivity contribution in [3.63, 3.8) is 0 Å². The Morgan fingerprint density at radius 2 is 1.95 bits per heavy atom. The molecule has 0 aliphatic heterocycles. The van der Waals surface area contributed by atoms with Crippen LogP contribution in [0.25, 0.3) is 0 Å². The van der Waals surface area contributed by atoms with Gasteiger partial charge in [0.2, 0.25) is 0 Å². The number of rotatable bonds is 7. The third kappa shape index (κ3) is 3.97. The molecule has 0 saturated heterocycles. The van der Waals surface area contributed by atoms with Gasteiger partial charge >= 0.3 is 5.97 Å². The van der Waals surface area contributed by atoms with E-state index in [0.717, 1.165) is 18.6 Å². The van der Waals surface area contributed by atoms with Gasteiger partial charge in [-0.3, -0.25) is 9.59 Å². The van der Waals surface area contributed by atoms with Crippen LogP contribution in [0.15, 0.2) is 24.3 Å². The molecule has 0 aromatic heterocycles. The molecule has 1 unspecified atom stereocenters. The highest BCUT2D eigenvalue weighted by molar-refractivity contribution is 5.95. The van der Waals surface area contributed by atoms with Crippen molar-refractivity contribution in [2.45, 2.75) is 32.7 Å². The van der Waals surface area contributed by atoms with Crippen LogP contribution in [0, 0.1) is 5.92 Å². The largest absolute Gasteiger partial charge is 0.494 e. The van der Waals surface area contributed by atoms with E-state index in [1.807, 2.05) is 6.92 Å². The third-order valence-corrected chi connectivity index (χ3v) is 3.55. The lowest BCUT2D eigenvalue weighted by Crippen LogP contribution is -2.38. The predicted molar refractivity (Wildman–Crippen MR) is 78.5 cm³/mol. The minimum Gasteiger partial charge on any atom is -0.494 e. The molecule has 5 heteroatoms. The van der Waals surface area contributed by atoms with Crippen molar-refractivity contribution in [1.29, 1.82) is 0 Å². The fourth-order valence-electron chi connectivity index (χ4n) is 2.18. The molecule has 1 aromatic carbocycles. The second-order valence-corrected chi connectivity index (χ2v) is 5.39. The summed E-state index contributed by atoms with van der Waals surface area (Å²) in [5.74, 6) is -0.808. The van der Waals surface area contributed by atoms with E-state index in [0.29, 0.717) is 12.2 Å². The van der Waals surface area contributed by atoms with Gasteiger partial charge in [0.25, 0.3) is 5.91 Å². The Morgan fingerprint density at radius 1 is 1.33 bits per heavy atom. The first-order chi connectivity index (χ1) is 10.0. The summed E-state index contributed by atoms with van der Waals surface area (Å²) in [6, 6.07) is 7.18. The highest BCUT2D eigenvalue weighted by Gasteiger charge is 2.34. The summed E-state index contributed by atoms with van der Waals surface area (Å²) in [5.41, 5.74) is 0.572. The summed E-state index contributed by atoms with van der Waals surface area (Å²) < 4.78 is 5.35. The summed E-state index contributed by atoms with van der Waals surface area (Å²) in [4.78, 5) is 25.2. The van der Waals surface area contributed by atoms with Crippen molar-refractivity contribution in [3.8, 4) is 5.75 Å². The molecule has 0 heterocycles. The highest BCUT2D eigenvalue weighted by Crippen LogP contribution is 2.29. The Balaban J connectivity index is 2.09. The molecule has 1 aromatic rings. The Morgan fingerprint density at radius 3 is 2.43 bits per heavy atom. The van der Waals surface area contributed by atoms with E-state index in [1.54, 1.807) is 36.1 Å². The Bertz CT molecular complexity index is 508. The van der Waals surface area contributed by atoms with Crippen LogP contribution < -0.4 is 4.74 Å². The average molecular weight is 291 g/mol. The van der Waals surface area contributed by atoms with E-state index in [9.17, 15) is 9.59 Å². The van der Waals surface area contributed by atoms with E-state index in [2.05, 4.69) is 0 Å². The first-order valence-electron chi connectivity index (χ1n) is 7.29. The minimum absolute atomic E-state index is 0.103. The van der Waals surface area contributed by atoms with Crippen LogP contribution >= 0.6 is 0 Å². The quantitative estimate of drug-likeness (QED) is 0.837. The van der Waals surface area contributed by atoms with E-state index in [-0.39, 0.29) is 18.5 Å². The van der Waals surface area contributed by atoms with E-state index >= 15 is 0 Å². The highest BCUT2D eigenvalue weighted by atomic mass is 16.5. The molecule has 1 saturated carbocycles. The zero-order chi connectivity index (χ0) is 15.4. The monoisotopic (exact) mass is 291 g/mol. The average Bonchev–Trinajstić information content (AvgIpc) is 3.29. The molecule has 0 spiro atoms. The zero-order valence-corrected chi connectivity index (χ0v) is 12.4. The standard InChI is InChI=1S/C16H21NO4/c1-3-21-14-8-4-12(5-9-14)15(18)17(13-6-7-13)10-11(2)16(19)20/h4-5,8-9,11,13H,3,6-7,10H2,1-2H3,(H,19,20). The molecule has 5 nitrogen and oxygen atoms in total. The Hall–Kier alpha value is -2.04. The molecular weight excluding hydrogens is 270 g/mol. The number of nitrogens with zero attached hydrogens (tertiary/aromatic N) is 1. The van der Waals surface area contributed by atoms with E-state index < -0.39 is 11.9 Å². The van der Waals surface area contributed by atoms with Gasteiger partial charge in [0.05, 0.1) is 12.5 Å². The summed E-state index contributed by atoms with van der Waals surface area (Å²) >= 11 is 0. The second-order valence-electron chi connectivity index (χ2n) is 5.39. The van der Waals surface area contributed by atoms with Crippen molar-refractivity contribution in [3.05, 3.63) is 29.8 Å². The van der Waals surface area contributed by atoms with Crippen molar-refractivity contribution in [2.24, 2.45) is 5.92 Å². The van der Waals surface area contributed by atoms with Gasteiger partial charge in [0, 0.05) is 18.2 Å². The van der Waals surface area contributed by atoms with E-state index in [4.69, 9.17) is 9.84 Å². The van der Waals surface area contributed by atoms with Crippen LogP contribution in [0.3, 0.4) is 0 Å². The molecule has 1 fully saturated rings. The number of benzene rings is 1. The van der Waals surface area contributed by atoms with Crippen molar-refractivity contribution in [2.75, 3.05) is 13.2 Å². The summed E-state index contributed by atoms with van der Waals surface area (Å²) in [6.07, 6.45) is 1.91. The number of carbonyl (C=O) groups excluding carboxylic acids is 1. The lowest BCUT2D eigenvalue weighted by molar-refractivity contribution is -0.141. The number of aliphatic carboxylic acids is 1. The predicted octanol–water partition coefficient (Wildman–Crippen LogP) is 2.41. The van der Waals surface area contributed by atoms with Gasteiger partial charge < -0.3 is 14.7 Å². The van der Waals surface area contributed by atoms with Crippen LogP contribution in [0.4, 0.5) is 0 Å². The fourth-order valence-corrected chi connectivity index (χ4v) is 2.18. The Labute approximate surface area is 124 Å². The molecule has 21 heavy (non-hydrogen) atoms. The number of carbonyl (C=O) groups is 2. The van der Waals surface area contributed by atoms with Crippen LogP contribution in [0.5, 0.6) is 5.75 Å². The molecule has 1 N–H and O–H groups in total. The molecule has 1 amide bonds. The minimum atomic E-state index is -0.875. The van der Waals surface area contributed by atoms with Crippen molar-refractivity contribution < 1.29 is 19.4 Å². The van der Waals surface area contributed by atoms with Gasteiger partial charge in [0.1, 0.15) is 5.75 Å². The molecule has 1 aliphatic rings. The lowest BCUT2D eigenvalue weighted by Gasteiger charge is -2.24. The van der Waals surface area contributed by atoms with Crippen LogP contribution in [-0.2, 0) is 4.79 Å². The maximum Gasteiger partial charge on any atom is 0.308 e. The number of hydrogen-bond acceptors (Lipinski definition) is 3. The summed E-state index contributed by atoms with van der Waals surface area (Å²) in [7, 11) is 0. The van der Waals surface area contributed by atoms with E-state index in [1.165, 1.54) is 0 Å². The first-order valence-corrected chi connectivity index (χ1v) is 7.29. The second kappa shape index (κ2) is 6.61. The number of carboxylic acid groups (broad SMARTS) is 1. The third-order valence-electron chi connectivity index (χ3n) is 3.55. The molecule has 1 atom stereocenters. The van der Waals surface area contributed by atoms with Gasteiger partial charge in [-0.15, -0.1) is 0 Å². The maximum absolute atomic E-state index is 12.5. The van der Waals surface area contributed by atoms with Gasteiger partial charge in [0.15, 0.2) is 0 Å². The molecule has 0 radical (unpaired) electrons. The lowest BCUT2D eigenvalue weighted by atomic mass is 10.1. The first kappa shape index (κ1) is 15.4.